The lowest BCUT2D eigenvalue weighted by molar-refractivity contribution is 0.139. The van der Waals surface area contributed by atoms with Crippen molar-refractivity contribution in [1.82, 2.24) is 0 Å². The van der Waals surface area contributed by atoms with E-state index in [1.807, 2.05) is 36.4 Å². The topological polar surface area (TPSA) is 36.9 Å². The molecule has 21 heavy (non-hydrogen) atoms. The summed E-state index contributed by atoms with van der Waals surface area (Å²) in [5, 5.41) is 0. The smallest absolute Gasteiger partial charge is 0.138 e. The van der Waals surface area contributed by atoms with Crippen molar-refractivity contribution in [3.63, 3.8) is 0 Å². The molecule has 0 aromatic heterocycles. The first-order chi connectivity index (χ1) is 10.3. The number of methoxy groups -OCH3 is 2. The summed E-state index contributed by atoms with van der Waals surface area (Å²) in [4.78, 5) is 0. The molecule has 2 aromatic rings. The first-order valence-electron chi connectivity index (χ1n) is 6.95. The number of fused-ring (bicyclic) bond motifs is 5. The van der Waals surface area contributed by atoms with E-state index in [2.05, 4.69) is 0 Å². The molecule has 0 amide bonds. The zero-order valence-electron chi connectivity index (χ0n) is 12.0. The highest BCUT2D eigenvalue weighted by Crippen LogP contribution is 2.52. The maximum absolute atomic E-state index is 6.15. The predicted octanol–water partition coefficient (Wildman–Crippen LogP) is 3.31. The molecule has 0 fully saturated rings. The fourth-order valence-corrected chi connectivity index (χ4v) is 3.08. The third-order valence-corrected chi connectivity index (χ3v) is 4.18. The van der Waals surface area contributed by atoms with Crippen LogP contribution in [0.25, 0.3) is 0 Å². The molecule has 0 aliphatic carbocycles. The molecule has 108 valence electrons. The van der Waals surface area contributed by atoms with Crippen LogP contribution in [0, 0.1) is 0 Å². The van der Waals surface area contributed by atoms with Gasteiger partial charge in [-0.3, -0.25) is 0 Å². The van der Waals surface area contributed by atoms with Crippen LogP contribution in [-0.2, 0) is 0 Å². The molecule has 0 bridgehead atoms. The fourth-order valence-electron chi connectivity index (χ4n) is 3.08. The molecule has 2 aliphatic rings. The van der Waals surface area contributed by atoms with Gasteiger partial charge < -0.3 is 18.9 Å². The summed E-state index contributed by atoms with van der Waals surface area (Å²) in [5.41, 5.74) is 2.19. The van der Waals surface area contributed by atoms with E-state index in [1.165, 1.54) is 0 Å². The van der Waals surface area contributed by atoms with Crippen molar-refractivity contribution in [3.8, 4) is 23.0 Å². The summed E-state index contributed by atoms with van der Waals surface area (Å²) in [7, 11) is 3.34. The monoisotopic (exact) mass is 284 g/mol. The Morgan fingerprint density at radius 3 is 2.29 bits per heavy atom. The van der Waals surface area contributed by atoms with Crippen LogP contribution < -0.4 is 18.9 Å². The van der Waals surface area contributed by atoms with Crippen molar-refractivity contribution in [2.24, 2.45) is 0 Å². The number of hydrogen-bond acceptors (Lipinski definition) is 4. The van der Waals surface area contributed by atoms with Crippen molar-refractivity contribution < 1.29 is 18.9 Å². The Morgan fingerprint density at radius 2 is 1.57 bits per heavy atom. The highest BCUT2D eigenvalue weighted by molar-refractivity contribution is 5.52. The molecule has 0 unspecified atom stereocenters. The van der Waals surface area contributed by atoms with E-state index in [-0.39, 0.29) is 12.0 Å². The molecule has 0 N–H and O–H groups in total. The molecule has 4 rings (SSSR count). The quantitative estimate of drug-likeness (QED) is 0.847. The molecule has 0 radical (unpaired) electrons. The number of ether oxygens (including phenoxy) is 4. The Bertz CT molecular complexity index is 695. The summed E-state index contributed by atoms with van der Waals surface area (Å²) in [6.07, 6.45) is -0.0223. The van der Waals surface area contributed by atoms with E-state index < -0.39 is 0 Å². The summed E-state index contributed by atoms with van der Waals surface area (Å²) in [6, 6.07) is 11.8. The molecule has 2 atom stereocenters. The van der Waals surface area contributed by atoms with Gasteiger partial charge in [-0.05, 0) is 36.4 Å². The Kier molecular flexibility index (Phi) is 2.70. The van der Waals surface area contributed by atoms with Gasteiger partial charge in [0, 0.05) is 11.1 Å². The van der Waals surface area contributed by atoms with Gasteiger partial charge in [0.15, 0.2) is 0 Å². The minimum Gasteiger partial charge on any atom is -0.497 e. The number of hydrogen-bond donors (Lipinski definition) is 0. The Labute approximate surface area is 123 Å². The first kappa shape index (κ1) is 12.4. The van der Waals surface area contributed by atoms with Gasteiger partial charge in [0.1, 0.15) is 29.1 Å². The summed E-state index contributed by atoms with van der Waals surface area (Å²) in [6.45, 7) is 0.615. The van der Waals surface area contributed by atoms with E-state index in [1.54, 1.807) is 14.2 Å². The van der Waals surface area contributed by atoms with Crippen molar-refractivity contribution in [1.29, 1.82) is 0 Å². The van der Waals surface area contributed by atoms with Crippen LogP contribution in [-0.4, -0.2) is 20.8 Å². The van der Waals surface area contributed by atoms with Gasteiger partial charge in [0.2, 0.25) is 0 Å². The van der Waals surface area contributed by atoms with Gasteiger partial charge in [-0.2, -0.15) is 0 Å². The molecule has 0 saturated heterocycles. The second kappa shape index (κ2) is 4.58. The molecule has 2 aromatic carbocycles. The SMILES string of the molecule is COc1ccc2c(c1)[C@H]1COc3ccc(OC)cc3[C@H]1O2. The van der Waals surface area contributed by atoms with Crippen molar-refractivity contribution in [3.05, 3.63) is 47.5 Å². The van der Waals surface area contributed by atoms with E-state index in [0.717, 1.165) is 34.1 Å². The molecule has 0 spiro atoms. The van der Waals surface area contributed by atoms with E-state index >= 15 is 0 Å². The van der Waals surface area contributed by atoms with Crippen molar-refractivity contribution in [2.75, 3.05) is 20.8 Å². The highest BCUT2D eigenvalue weighted by Gasteiger charge is 2.41. The minimum atomic E-state index is -0.0223. The van der Waals surface area contributed by atoms with Crippen LogP contribution >= 0.6 is 0 Å². The van der Waals surface area contributed by atoms with Crippen molar-refractivity contribution >= 4 is 0 Å². The second-order valence-electron chi connectivity index (χ2n) is 5.26. The van der Waals surface area contributed by atoms with Gasteiger partial charge in [0.05, 0.1) is 26.7 Å². The maximum atomic E-state index is 6.15. The van der Waals surface area contributed by atoms with E-state index in [4.69, 9.17) is 18.9 Å². The van der Waals surface area contributed by atoms with Gasteiger partial charge in [-0.25, -0.2) is 0 Å². The highest BCUT2D eigenvalue weighted by atomic mass is 16.5. The van der Waals surface area contributed by atoms with Crippen LogP contribution in [0.4, 0.5) is 0 Å². The van der Waals surface area contributed by atoms with Gasteiger partial charge in [-0.1, -0.05) is 0 Å². The molecule has 2 aliphatic heterocycles. The molecule has 4 nitrogen and oxygen atoms in total. The Hall–Kier alpha value is -2.36. The largest absolute Gasteiger partial charge is 0.497 e. The Balaban J connectivity index is 1.77. The van der Waals surface area contributed by atoms with E-state index in [9.17, 15) is 0 Å². The van der Waals surface area contributed by atoms with Crippen LogP contribution in [0.1, 0.15) is 23.1 Å². The molecule has 0 saturated carbocycles. The average molecular weight is 284 g/mol. The molecule has 4 heteroatoms. The van der Waals surface area contributed by atoms with E-state index in [0.29, 0.717) is 6.61 Å². The third-order valence-electron chi connectivity index (χ3n) is 4.18. The number of benzene rings is 2. The van der Waals surface area contributed by atoms with Crippen molar-refractivity contribution in [2.45, 2.75) is 12.0 Å². The Morgan fingerprint density at radius 1 is 0.905 bits per heavy atom. The van der Waals surface area contributed by atoms with Crippen LogP contribution in [0.15, 0.2) is 36.4 Å². The lowest BCUT2D eigenvalue weighted by atomic mass is 9.89. The minimum absolute atomic E-state index is 0.0223. The first-order valence-corrected chi connectivity index (χ1v) is 6.95. The van der Waals surface area contributed by atoms with Crippen LogP contribution in [0.5, 0.6) is 23.0 Å². The fraction of sp³-hybridized carbons (Fsp3) is 0.294. The van der Waals surface area contributed by atoms with Crippen LogP contribution in [0.3, 0.4) is 0 Å². The lowest BCUT2D eigenvalue weighted by Gasteiger charge is -2.28. The third kappa shape index (κ3) is 1.82. The van der Waals surface area contributed by atoms with Gasteiger partial charge in [0.25, 0.3) is 0 Å². The lowest BCUT2D eigenvalue weighted by Crippen LogP contribution is -2.23. The molecular formula is C17H16O4. The van der Waals surface area contributed by atoms with Gasteiger partial charge >= 0.3 is 0 Å². The molecule has 2 heterocycles. The zero-order chi connectivity index (χ0) is 14.4. The zero-order valence-corrected chi connectivity index (χ0v) is 12.0. The normalized spacial score (nSPS) is 21.4. The van der Waals surface area contributed by atoms with Gasteiger partial charge in [-0.15, -0.1) is 0 Å². The average Bonchev–Trinajstić information content (AvgIpc) is 2.92. The summed E-state index contributed by atoms with van der Waals surface area (Å²) < 4.78 is 22.7. The van der Waals surface area contributed by atoms with Crippen LogP contribution in [0.2, 0.25) is 0 Å². The second-order valence-corrected chi connectivity index (χ2v) is 5.26. The summed E-state index contributed by atoms with van der Waals surface area (Å²) >= 11 is 0. The maximum Gasteiger partial charge on any atom is 0.138 e. The number of rotatable bonds is 2. The summed E-state index contributed by atoms with van der Waals surface area (Å²) in [5.74, 6) is 3.63. The molecular weight excluding hydrogens is 268 g/mol. The standard InChI is InChI=1S/C17H16O4/c1-18-10-4-6-16-12(7-10)14-9-20-15-5-3-11(19-2)8-13(15)17(14)21-16/h3-8,14,17H,9H2,1-2H3/t14-,17-/m1/s1. The predicted molar refractivity (Wildman–Crippen MR) is 77.6 cm³/mol.